The highest BCUT2D eigenvalue weighted by Crippen LogP contribution is 2.26. The number of hydrogen-bond donors (Lipinski definition) is 1. The summed E-state index contributed by atoms with van der Waals surface area (Å²) >= 11 is 0. The highest BCUT2D eigenvalue weighted by atomic mass is 16.5. The quantitative estimate of drug-likeness (QED) is 0.441. The lowest BCUT2D eigenvalue weighted by atomic mass is 10.0. The number of carbonyl (C=O) groups excluding carboxylic acids is 1. The van der Waals surface area contributed by atoms with Crippen LogP contribution in [0.15, 0.2) is 60.7 Å². The molecular formula is C27H31NO3. The van der Waals surface area contributed by atoms with Gasteiger partial charge in [0.25, 0.3) is 5.91 Å². The molecule has 3 aromatic carbocycles. The third kappa shape index (κ3) is 5.66. The first-order valence-corrected chi connectivity index (χ1v) is 10.9. The van der Waals surface area contributed by atoms with Crippen LogP contribution >= 0.6 is 0 Å². The van der Waals surface area contributed by atoms with Crippen molar-refractivity contribution in [3.8, 4) is 11.5 Å². The molecule has 3 rings (SSSR count). The number of nitrogens with one attached hydrogen (secondary N) is 1. The number of amides is 1. The number of ether oxygens (including phenoxy) is 2. The summed E-state index contributed by atoms with van der Waals surface area (Å²) < 4.78 is 11.7. The molecule has 162 valence electrons. The monoisotopic (exact) mass is 417 g/mol. The van der Waals surface area contributed by atoms with Crippen LogP contribution in [0.2, 0.25) is 0 Å². The molecule has 0 saturated carbocycles. The van der Waals surface area contributed by atoms with Crippen molar-refractivity contribution in [1.29, 1.82) is 0 Å². The first-order valence-electron chi connectivity index (χ1n) is 10.9. The lowest BCUT2D eigenvalue weighted by molar-refractivity contribution is 0.102. The zero-order valence-corrected chi connectivity index (χ0v) is 18.8. The van der Waals surface area contributed by atoms with E-state index in [2.05, 4.69) is 31.3 Å². The Morgan fingerprint density at radius 2 is 1.52 bits per heavy atom. The Kier molecular flexibility index (Phi) is 7.71. The Balaban J connectivity index is 1.83. The van der Waals surface area contributed by atoms with Gasteiger partial charge in [-0.15, -0.1) is 0 Å². The lowest BCUT2D eigenvalue weighted by Gasteiger charge is -2.16. The summed E-state index contributed by atoms with van der Waals surface area (Å²) in [5, 5.41) is 3.14. The third-order valence-corrected chi connectivity index (χ3v) is 5.28. The minimum Gasteiger partial charge on any atom is -0.493 e. The third-order valence-electron chi connectivity index (χ3n) is 5.28. The smallest absolute Gasteiger partial charge is 0.255 e. The molecule has 4 heteroatoms. The van der Waals surface area contributed by atoms with Gasteiger partial charge in [-0.1, -0.05) is 49.7 Å². The van der Waals surface area contributed by atoms with Crippen LogP contribution < -0.4 is 14.8 Å². The zero-order chi connectivity index (χ0) is 22.2. The summed E-state index contributed by atoms with van der Waals surface area (Å²) in [4.78, 5) is 13.1. The van der Waals surface area contributed by atoms with Gasteiger partial charge >= 0.3 is 0 Å². The average Bonchev–Trinajstić information content (AvgIpc) is 2.79. The van der Waals surface area contributed by atoms with Crippen LogP contribution in [0.4, 0.5) is 5.69 Å². The first kappa shape index (κ1) is 22.4. The topological polar surface area (TPSA) is 47.6 Å². The molecule has 0 heterocycles. The van der Waals surface area contributed by atoms with Crippen molar-refractivity contribution >= 4 is 11.6 Å². The fourth-order valence-electron chi connectivity index (χ4n) is 3.51. The van der Waals surface area contributed by atoms with E-state index in [1.165, 1.54) is 5.56 Å². The van der Waals surface area contributed by atoms with Crippen molar-refractivity contribution in [3.63, 3.8) is 0 Å². The van der Waals surface area contributed by atoms with E-state index in [1.807, 2.05) is 56.3 Å². The van der Waals surface area contributed by atoms with E-state index in [1.54, 1.807) is 6.07 Å². The summed E-state index contributed by atoms with van der Waals surface area (Å²) in [6.45, 7) is 9.06. The maximum absolute atomic E-state index is 13.1. The molecule has 31 heavy (non-hydrogen) atoms. The number of benzene rings is 3. The molecule has 0 radical (unpaired) electrons. The largest absolute Gasteiger partial charge is 0.493 e. The Bertz CT molecular complexity index is 1000. The normalized spacial score (nSPS) is 10.6. The fraction of sp³-hybridized carbons (Fsp3) is 0.296. The second-order valence-corrected chi connectivity index (χ2v) is 7.47. The highest BCUT2D eigenvalue weighted by molar-refractivity contribution is 6.05. The Morgan fingerprint density at radius 1 is 0.839 bits per heavy atom. The molecule has 0 bridgehead atoms. The summed E-state index contributed by atoms with van der Waals surface area (Å²) in [7, 11) is 0. The molecule has 0 fully saturated rings. The van der Waals surface area contributed by atoms with Crippen LogP contribution in [0.5, 0.6) is 11.5 Å². The Hall–Kier alpha value is -3.27. The van der Waals surface area contributed by atoms with Crippen LogP contribution in [0, 0.1) is 6.92 Å². The number of para-hydroxylation sites is 1. The minimum atomic E-state index is -0.129. The summed E-state index contributed by atoms with van der Waals surface area (Å²) in [6.07, 6.45) is 1.73. The Labute approximate surface area is 185 Å². The van der Waals surface area contributed by atoms with Gasteiger partial charge in [0.1, 0.15) is 18.1 Å². The SMILES string of the molecule is CCOc1ccc(C(=O)Nc2c(CC)cccc2CC)cc1COc1ccc(C)cc1. The van der Waals surface area contributed by atoms with Crippen molar-refractivity contribution < 1.29 is 14.3 Å². The molecule has 0 unspecified atom stereocenters. The van der Waals surface area contributed by atoms with Gasteiger partial charge < -0.3 is 14.8 Å². The molecular weight excluding hydrogens is 386 g/mol. The molecule has 0 atom stereocenters. The van der Waals surface area contributed by atoms with Gasteiger partial charge in [0.2, 0.25) is 0 Å². The average molecular weight is 418 g/mol. The molecule has 3 aromatic rings. The second kappa shape index (κ2) is 10.7. The number of hydrogen-bond acceptors (Lipinski definition) is 3. The molecule has 0 aliphatic carbocycles. The van der Waals surface area contributed by atoms with Crippen molar-refractivity contribution in [1.82, 2.24) is 0 Å². The number of anilines is 1. The summed E-state index contributed by atoms with van der Waals surface area (Å²) in [5.41, 5.74) is 5.81. The van der Waals surface area contributed by atoms with Gasteiger partial charge in [0.15, 0.2) is 0 Å². The van der Waals surface area contributed by atoms with E-state index >= 15 is 0 Å². The second-order valence-electron chi connectivity index (χ2n) is 7.47. The van der Waals surface area contributed by atoms with Gasteiger partial charge in [0, 0.05) is 16.8 Å². The maximum atomic E-state index is 13.1. The van der Waals surface area contributed by atoms with E-state index in [-0.39, 0.29) is 5.91 Å². The maximum Gasteiger partial charge on any atom is 0.255 e. The van der Waals surface area contributed by atoms with Gasteiger partial charge in [-0.25, -0.2) is 0 Å². The van der Waals surface area contributed by atoms with Crippen LogP contribution in [-0.2, 0) is 19.4 Å². The fourth-order valence-corrected chi connectivity index (χ4v) is 3.51. The number of carbonyl (C=O) groups is 1. The molecule has 0 aromatic heterocycles. The van der Waals surface area contributed by atoms with Gasteiger partial charge in [-0.2, -0.15) is 0 Å². The predicted octanol–water partition coefficient (Wildman–Crippen LogP) is 6.35. The molecule has 0 saturated heterocycles. The van der Waals surface area contributed by atoms with Crippen molar-refractivity contribution in [3.05, 3.63) is 88.5 Å². The van der Waals surface area contributed by atoms with Gasteiger partial charge in [0.05, 0.1) is 6.61 Å². The minimum absolute atomic E-state index is 0.129. The molecule has 1 amide bonds. The van der Waals surface area contributed by atoms with Crippen molar-refractivity contribution in [2.45, 2.75) is 47.1 Å². The van der Waals surface area contributed by atoms with E-state index in [0.717, 1.165) is 46.7 Å². The first-order chi connectivity index (χ1) is 15.0. The van der Waals surface area contributed by atoms with E-state index in [9.17, 15) is 4.79 Å². The number of aryl methyl sites for hydroxylation is 3. The zero-order valence-electron chi connectivity index (χ0n) is 18.8. The molecule has 0 spiro atoms. The van der Waals surface area contributed by atoms with Crippen LogP contribution in [0.25, 0.3) is 0 Å². The Morgan fingerprint density at radius 3 is 2.13 bits per heavy atom. The summed E-state index contributed by atoms with van der Waals surface area (Å²) in [5.74, 6) is 1.39. The standard InChI is InChI=1S/C27H31NO3/c1-5-20-9-8-10-21(6-2)26(20)28-27(29)22-13-16-25(30-7-3)23(17-22)18-31-24-14-11-19(4)12-15-24/h8-17H,5-7,18H2,1-4H3,(H,28,29). The highest BCUT2D eigenvalue weighted by Gasteiger charge is 2.15. The van der Waals surface area contributed by atoms with E-state index in [0.29, 0.717) is 18.8 Å². The van der Waals surface area contributed by atoms with E-state index < -0.39 is 0 Å². The van der Waals surface area contributed by atoms with Crippen LogP contribution in [-0.4, -0.2) is 12.5 Å². The molecule has 0 aliphatic heterocycles. The van der Waals surface area contributed by atoms with E-state index in [4.69, 9.17) is 9.47 Å². The molecule has 4 nitrogen and oxygen atoms in total. The summed E-state index contributed by atoms with van der Waals surface area (Å²) in [6, 6.07) is 19.6. The predicted molar refractivity (Wildman–Crippen MR) is 126 cm³/mol. The van der Waals surface area contributed by atoms with Gasteiger partial charge in [-0.3, -0.25) is 4.79 Å². The van der Waals surface area contributed by atoms with Gasteiger partial charge in [-0.05, 0) is 68.1 Å². The molecule has 1 N–H and O–H groups in total. The lowest BCUT2D eigenvalue weighted by Crippen LogP contribution is -2.15. The number of rotatable bonds is 9. The van der Waals surface area contributed by atoms with Crippen LogP contribution in [0.3, 0.4) is 0 Å². The van der Waals surface area contributed by atoms with Crippen LogP contribution in [0.1, 0.15) is 53.4 Å². The van der Waals surface area contributed by atoms with Crippen molar-refractivity contribution in [2.75, 3.05) is 11.9 Å². The van der Waals surface area contributed by atoms with Crippen molar-refractivity contribution in [2.24, 2.45) is 0 Å². The molecule has 0 aliphatic rings.